The van der Waals surface area contributed by atoms with Gasteiger partial charge in [0.05, 0.1) is 6.42 Å². The Hall–Kier alpha value is -1.95. The fourth-order valence-corrected chi connectivity index (χ4v) is 2.64. The first-order valence-electron chi connectivity index (χ1n) is 8.09. The Morgan fingerprint density at radius 2 is 2.04 bits per heavy atom. The van der Waals surface area contributed by atoms with Gasteiger partial charge in [-0.05, 0) is 37.0 Å². The smallest absolute Gasteiger partial charge is 0.224 e. The first-order chi connectivity index (χ1) is 11.0. The normalized spacial score (nSPS) is 17.6. The summed E-state index contributed by atoms with van der Waals surface area (Å²) in [6.07, 6.45) is 7.42. The van der Waals surface area contributed by atoms with Gasteiger partial charge in [-0.25, -0.2) is 0 Å². The lowest BCUT2D eigenvalue weighted by molar-refractivity contribution is -0.121. The van der Waals surface area contributed by atoms with E-state index in [9.17, 15) is 9.59 Å². The minimum Gasteiger partial charge on any atom is -0.369 e. The summed E-state index contributed by atoms with van der Waals surface area (Å²) in [5.74, 6) is -0.785. The van der Waals surface area contributed by atoms with E-state index in [0.717, 1.165) is 32.5 Å². The maximum atomic E-state index is 11.9. The van der Waals surface area contributed by atoms with Crippen LogP contribution in [0.15, 0.2) is 24.5 Å². The molecule has 1 saturated heterocycles. The molecule has 6 heteroatoms. The molecule has 0 aliphatic carbocycles. The van der Waals surface area contributed by atoms with E-state index in [2.05, 4.69) is 15.2 Å². The van der Waals surface area contributed by atoms with Crippen LogP contribution in [0, 0.1) is 12.3 Å². The zero-order chi connectivity index (χ0) is 16.7. The van der Waals surface area contributed by atoms with Crippen LogP contribution in [0.2, 0.25) is 0 Å². The summed E-state index contributed by atoms with van der Waals surface area (Å²) >= 11 is 0. The molecule has 0 bridgehead atoms. The maximum Gasteiger partial charge on any atom is 0.224 e. The molecule has 1 radical (unpaired) electrons. The highest BCUT2D eigenvalue weighted by atomic mass is 16.2. The van der Waals surface area contributed by atoms with Crippen LogP contribution in [0.4, 0.5) is 0 Å². The van der Waals surface area contributed by atoms with Gasteiger partial charge in [0.1, 0.15) is 0 Å². The summed E-state index contributed by atoms with van der Waals surface area (Å²) in [4.78, 5) is 29.2. The molecule has 23 heavy (non-hydrogen) atoms. The van der Waals surface area contributed by atoms with Crippen molar-refractivity contribution in [3.63, 3.8) is 0 Å². The molecule has 1 atom stereocenters. The Labute approximate surface area is 137 Å². The van der Waals surface area contributed by atoms with Crippen LogP contribution < -0.4 is 11.1 Å². The van der Waals surface area contributed by atoms with Crippen LogP contribution in [0.3, 0.4) is 0 Å². The van der Waals surface area contributed by atoms with Crippen molar-refractivity contribution in [1.29, 1.82) is 0 Å². The third-order valence-corrected chi connectivity index (χ3v) is 4.23. The summed E-state index contributed by atoms with van der Waals surface area (Å²) in [5.41, 5.74) is 6.45. The van der Waals surface area contributed by atoms with Gasteiger partial charge in [0.25, 0.3) is 0 Å². The molecule has 0 spiro atoms. The molecular formula is C17H25N4O2. The first-order valence-corrected chi connectivity index (χ1v) is 8.09. The molecule has 2 heterocycles. The predicted octanol–water partition coefficient (Wildman–Crippen LogP) is 0.878. The number of primary amides is 1. The largest absolute Gasteiger partial charge is 0.369 e. The molecule has 2 rings (SSSR count). The lowest BCUT2D eigenvalue weighted by Crippen LogP contribution is -2.44. The number of hydrogen-bond acceptors (Lipinski definition) is 4. The van der Waals surface area contributed by atoms with E-state index in [0.29, 0.717) is 6.42 Å². The highest BCUT2D eigenvalue weighted by Crippen LogP contribution is 2.14. The topological polar surface area (TPSA) is 88.3 Å². The van der Waals surface area contributed by atoms with Crippen molar-refractivity contribution in [2.75, 3.05) is 13.1 Å². The monoisotopic (exact) mass is 317 g/mol. The van der Waals surface area contributed by atoms with E-state index in [4.69, 9.17) is 5.73 Å². The van der Waals surface area contributed by atoms with E-state index < -0.39 is 0 Å². The van der Waals surface area contributed by atoms with Crippen LogP contribution in [0.25, 0.3) is 0 Å². The number of aromatic nitrogens is 1. The number of pyridine rings is 1. The molecule has 0 saturated carbocycles. The number of amides is 2. The number of nitrogens with one attached hydrogen (secondary N) is 1. The Morgan fingerprint density at radius 1 is 1.39 bits per heavy atom. The van der Waals surface area contributed by atoms with Crippen molar-refractivity contribution in [1.82, 2.24) is 15.2 Å². The predicted molar refractivity (Wildman–Crippen MR) is 88.0 cm³/mol. The Morgan fingerprint density at radius 3 is 2.65 bits per heavy atom. The van der Waals surface area contributed by atoms with Crippen molar-refractivity contribution in [2.45, 2.75) is 38.8 Å². The fourth-order valence-electron chi connectivity index (χ4n) is 2.64. The first kappa shape index (κ1) is 17.4. The SMILES string of the molecule is C[C@@H](C[CH]C(=O)NC1CCN(Cc2ccncc2)CC1)C(N)=O. The number of hydrogen-bond donors (Lipinski definition) is 2. The average Bonchev–Trinajstić information content (AvgIpc) is 2.55. The number of nitrogens with zero attached hydrogens (tertiary/aromatic N) is 2. The van der Waals surface area contributed by atoms with Crippen molar-refractivity contribution in [3.05, 3.63) is 36.5 Å². The van der Waals surface area contributed by atoms with Gasteiger partial charge in [-0.15, -0.1) is 0 Å². The number of piperidine rings is 1. The minimum absolute atomic E-state index is 0.106. The molecular weight excluding hydrogens is 292 g/mol. The molecule has 125 valence electrons. The van der Waals surface area contributed by atoms with Crippen molar-refractivity contribution >= 4 is 11.8 Å². The molecule has 6 nitrogen and oxygen atoms in total. The second-order valence-corrected chi connectivity index (χ2v) is 6.16. The Kier molecular flexibility index (Phi) is 6.52. The number of rotatable bonds is 7. The van der Waals surface area contributed by atoms with Crippen LogP contribution in [0.1, 0.15) is 31.7 Å². The lowest BCUT2D eigenvalue weighted by atomic mass is 10.0. The number of nitrogens with two attached hydrogens (primary N) is 1. The Balaban J connectivity index is 1.66. The standard InChI is InChI=1S/C17H25N4O2/c1-13(17(18)23)2-3-16(22)20-15-6-10-21(11-7-15)12-14-4-8-19-9-5-14/h3-5,8-9,13,15H,2,6-7,10-12H2,1H3,(H2,18,23)(H,20,22)/t13-/m0/s1. The molecule has 3 N–H and O–H groups in total. The van der Waals surface area contributed by atoms with Crippen LogP contribution in [-0.2, 0) is 16.1 Å². The number of carbonyl (C=O) groups excluding carboxylic acids is 2. The fraction of sp³-hybridized carbons (Fsp3) is 0.529. The van der Waals surface area contributed by atoms with Gasteiger partial charge >= 0.3 is 0 Å². The van der Waals surface area contributed by atoms with Crippen molar-refractivity contribution in [2.24, 2.45) is 11.7 Å². The molecule has 1 aromatic heterocycles. The highest BCUT2D eigenvalue weighted by molar-refractivity contribution is 5.86. The van der Waals surface area contributed by atoms with Crippen molar-refractivity contribution < 1.29 is 9.59 Å². The maximum absolute atomic E-state index is 11.9. The number of likely N-dealkylation sites (tertiary alicyclic amines) is 1. The second kappa shape index (κ2) is 8.62. The average molecular weight is 317 g/mol. The summed E-state index contributed by atoms with van der Waals surface area (Å²) < 4.78 is 0. The van der Waals surface area contributed by atoms with Gasteiger partial charge in [0, 0.05) is 44.0 Å². The van der Waals surface area contributed by atoms with E-state index in [1.54, 1.807) is 6.92 Å². The van der Waals surface area contributed by atoms with Crippen LogP contribution in [-0.4, -0.2) is 40.8 Å². The molecule has 0 aromatic carbocycles. The summed E-state index contributed by atoms with van der Waals surface area (Å²) in [7, 11) is 0. The van der Waals surface area contributed by atoms with Gasteiger partial charge in [0.15, 0.2) is 0 Å². The van der Waals surface area contributed by atoms with Gasteiger partial charge < -0.3 is 11.1 Å². The summed E-state index contributed by atoms with van der Waals surface area (Å²) in [6, 6.07) is 4.27. The zero-order valence-electron chi connectivity index (χ0n) is 13.6. The lowest BCUT2D eigenvalue weighted by Gasteiger charge is -2.32. The molecule has 1 aliphatic rings. The van der Waals surface area contributed by atoms with Crippen LogP contribution in [0.5, 0.6) is 0 Å². The van der Waals surface area contributed by atoms with Crippen LogP contribution >= 0.6 is 0 Å². The van der Waals surface area contributed by atoms with E-state index in [1.807, 2.05) is 24.5 Å². The highest BCUT2D eigenvalue weighted by Gasteiger charge is 2.21. The summed E-state index contributed by atoms with van der Waals surface area (Å²) in [5, 5.41) is 3.01. The minimum atomic E-state index is -0.376. The quantitative estimate of drug-likeness (QED) is 0.781. The van der Waals surface area contributed by atoms with Gasteiger partial charge in [0.2, 0.25) is 11.8 Å². The third-order valence-electron chi connectivity index (χ3n) is 4.23. The van der Waals surface area contributed by atoms with Gasteiger partial charge in [-0.3, -0.25) is 19.5 Å². The number of carbonyl (C=O) groups is 2. The van der Waals surface area contributed by atoms with E-state index in [1.165, 1.54) is 12.0 Å². The molecule has 1 aromatic rings. The third kappa shape index (κ3) is 5.98. The zero-order valence-corrected chi connectivity index (χ0v) is 13.6. The Bertz CT molecular complexity index is 513. The molecule has 2 amide bonds. The molecule has 1 fully saturated rings. The molecule has 0 unspecified atom stereocenters. The van der Waals surface area contributed by atoms with E-state index in [-0.39, 0.29) is 23.8 Å². The van der Waals surface area contributed by atoms with Gasteiger partial charge in [-0.1, -0.05) is 6.92 Å². The van der Waals surface area contributed by atoms with Crippen molar-refractivity contribution in [3.8, 4) is 0 Å². The molecule has 1 aliphatic heterocycles. The summed E-state index contributed by atoms with van der Waals surface area (Å²) in [6.45, 7) is 4.57. The van der Waals surface area contributed by atoms with E-state index >= 15 is 0 Å². The van der Waals surface area contributed by atoms with Gasteiger partial charge in [-0.2, -0.15) is 0 Å². The second-order valence-electron chi connectivity index (χ2n) is 6.16.